The second-order valence-corrected chi connectivity index (χ2v) is 6.15. The molecule has 0 saturated carbocycles. The Morgan fingerprint density at radius 3 is 2.65 bits per heavy atom. The smallest absolute Gasteiger partial charge is 0.237 e. The highest BCUT2D eigenvalue weighted by Crippen LogP contribution is 2.17. The zero-order chi connectivity index (χ0) is 14.0. The third kappa shape index (κ3) is 2.65. The maximum absolute atomic E-state index is 12.2. The third-order valence-corrected chi connectivity index (χ3v) is 4.13. The quantitative estimate of drug-likeness (QED) is 0.800. The van der Waals surface area contributed by atoms with Gasteiger partial charge < -0.3 is 4.40 Å². The Balaban J connectivity index is 1.88. The first-order chi connectivity index (χ1) is 9.64. The van der Waals surface area contributed by atoms with Crippen molar-refractivity contribution in [1.82, 2.24) is 9.38 Å². The van der Waals surface area contributed by atoms with Crippen molar-refractivity contribution in [2.45, 2.75) is 5.75 Å². The number of nitrogens with one attached hydrogen (secondary N) is 1. The first kappa shape index (κ1) is 12.7. The summed E-state index contributed by atoms with van der Waals surface area (Å²) in [5, 5.41) is 0. The van der Waals surface area contributed by atoms with E-state index in [2.05, 4.69) is 9.71 Å². The van der Waals surface area contributed by atoms with E-state index >= 15 is 0 Å². The Labute approximate surface area is 117 Å². The zero-order valence-corrected chi connectivity index (χ0v) is 11.4. The number of benzene rings is 1. The van der Waals surface area contributed by atoms with Gasteiger partial charge in [0, 0.05) is 18.6 Å². The summed E-state index contributed by atoms with van der Waals surface area (Å²) < 4.78 is 28.7. The first-order valence-electron chi connectivity index (χ1n) is 6.10. The topological polar surface area (TPSA) is 63.5 Å². The van der Waals surface area contributed by atoms with E-state index in [1.807, 2.05) is 24.4 Å². The molecule has 1 aromatic carbocycles. The number of fused-ring (bicyclic) bond motifs is 1. The predicted molar refractivity (Wildman–Crippen MR) is 77.9 cm³/mol. The summed E-state index contributed by atoms with van der Waals surface area (Å²) in [5.74, 6) is -0.0599. The average molecular weight is 287 g/mol. The molecule has 0 spiro atoms. The SMILES string of the molecule is O=S(=O)(Cc1ccccc1)Nc1cccn2ccnc12. The molecule has 0 fully saturated rings. The van der Waals surface area contributed by atoms with Crippen molar-refractivity contribution in [3.63, 3.8) is 0 Å². The fourth-order valence-corrected chi connectivity index (χ4v) is 3.22. The highest BCUT2D eigenvalue weighted by molar-refractivity contribution is 7.91. The number of aromatic nitrogens is 2. The van der Waals surface area contributed by atoms with Crippen LogP contribution in [-0.2, 0) is 15.8 Å². The Morgan fingerprint density at radius 1 is 1.05 bits per heavy atom. The lowest BCUT2D eigenvalue weighted by Gasteiger charge is -2.09. The van der Waals surface area contributed by atoms with Gasteiger partial charge in [-0.05, 0) is 17.7 Å². The van der Waals surface area contributed by atoms with Crippen molar-refractivity contribution < 1.29 is 8.42 Å². The maximum atomic E-state index is 12.2. The number of sulfonamides is 1. The molecule has 0 amide bonds. The van der Waals surface area contributed by atoms with Crippen LogP contribution >= 0.6 is 0 Å². The van der Waals surface area contributed by atoms with Crippen LogP contribution in [0.2, 0.25) is 0 Å². The highest BCUT2D eigenvalue weighted by atomic mass is 32.2. The van der Waals surface area contributed by atoms with Crippen LogP contribution in [0, 0.1) is 0 Å². The van der Waals surface area contributed by atoms with Gasteiger partial charge in [-0.25, -0.2) is 13.4 Å². The van der Waals surface area contributed by atoms with Gasteiger partial charge in [0.05, 0.1) is 11.4 Å². The van der Waals surface area contributed by atoms with Crippen LogP contribution < -0.4 is 4.72 Å². The lowest BCUT2D eigenvalue weighted by molar-refractivity contribution is 0.600. The summed E-state index contributed by atoms with van der Waals surface area (Å²) in [6.45, 7) is 0. The second-order valence-electron chi connectivity index (χ2n) is 4.43. The van der Waals surface area contributed by atoms with Gasteiger partial charge in [-0.15, -0.1) is 0 Å². The number of rotatable bonds is 4. The molecule has 2 heterocycles. The molecule has 20 heavy (non-hydrogen) atoms. The molecular formula is C14H13N3O2S. The van der Waals surface area contributed by atoms with Crippen molar-refractivity contribution in [1.29, 1.82) is 0 Å². The van der Waals surface area contributed by atoms with Crippen LogP contribution in [-0.4, -0.2) is 17.8 Å². The van der Waals surface area contributed by atoms with Crippen molar-refractivity contribution in [2.75, 3.05) is 4.72 Å². The molecule has 0 aliphatic heterocycles. The Bertz CT molecular complexity index is 826. The summed E-state index contributed by atoms with van der Waals surface area (Å²) >= 11 is 0. The Kier molecular flexibility index (Phi) is 3.15. The summed E-state index contributed by atoms with van der Waals surface area (Å²) in [6.07, 6.45) is 5.21. The average Bonchev–Trinajstić information content (AvgIpc) is 2.88. The van der Waals surface area contributed by atoms with Gasteiger partial charge in [0.2, 0.25) is 10.0 Å². The second kappa shape index (κ2) is 4.97. The van der Waals surface area contributed by atoms with E-state index in [-0.39, 0.29) is 5.75 Å². The monoisotopic (exact) mass is 287 g/mol. The number of nitrogens with zero attached hydrogens (tertiary/aromatic N) is 2. The van der Waals surface area contributed by atoms with E-state index in [4.69, 9.17) is 0 Å². The molecule has 5 nitrogen and oxygen atoms in total. The number of anilines is 1. The van der Waals surface area contributed by atoms with E-state index in [0.29, 0.717) is 11.3 Å². The van der Waals surface area contributed by atoms with Gasteiger partial charge >= 0.3 is 0 Å². The van der Waals surface area contributed by atoms with Gasteiger partial charge in [-0.1, -0.05) is 30.3 Å². The molecule has 102 valence electrons. The minimum absolute atomic E-state index is 0.0599. The minimum Gasteiger partial charge on any atom is -0.305 e. The van der Waals surface area contributed by atoms with E-state index in [9.17, 15) is 8.42 Å². The van der Waals surface area contributed by atoms with E-state index in [0.717, 1.165) is 5.56 Å². The van der Waals surface area contributed by atoms with Crippen LogP contribution in [0.1, 0.15) is 5.56 Å². The number of pyridine rings is 1. The van der Waals surface area contributed by atoms with E-state index in [1.165, 1.54) is 0 Å². The van der Waals surface area contributed by atoms with Gasteiger partial charge in [0.1, 0.15) is 0 Å². The first-order valence-corrected chi connectivity index (χ1v) is 7.75. The molecule has 6 heteroatoms. The molecule has 0 radical (unpaired) electrons. The highest BCUT2D eigenvalue weighted by Gasteiger charge is 2.13. The molecule has 3 rings (SSSR count). The van der Waals surface area contributed by atoms with Gasteiger partial charge in [0.15, 0.2) is 5.65 Å². The molecule has 0 atom stereocenters. The summed E-state index contributed by atoms with van der Waals surface area (Å²) in [5.41, 5.74) is 1.81. The fraction of sp³-hybridized carbons (Fsp3) is 0.0714. The molecule has 2 aromatic heterocycles. The zero-order valence-electron chi connectivity index (χ0n) is 10.6. The minimum atomic E-state index is -3.46. The standard InChI is InChI=1S/C14H13N3O2S/c18-20(19,11-12-5-2-1-3-6-12)16-13-7-4-9-17-10-8-15-14(13)17/h1-10,16H,11H2. The van der Waals surface area contributed by atoms with Crippen LogP contribution in [0.15, 0.2) is 61.1 Å². The van der Waals surface area contributed by atoms with Crippen molar-refractivity contribution in [3.8, 4) is 0 Å². The van der Waals surface area contributed by atoms with Crippen LogP contribution in [0.5, 0.6) is 0 Å². The Hall–Kier alpha value is -2.34. The molecular weight excluding hydrogens is 274 g/mol. The molecule has 0 saturated heterocycles. The normalized spacial score (nSPS) is 11.6. The summed E-state index contributed by atoms with van der Waals surface area (Å²) in [7, 11) is -3.46. The summed E-state index contributed by atoms with van der Waals surface area (Å²) in [4.78, 5) is 4.15. The fourth-order valence-electron chi connectivity index (χ4n) is 2.03. The maximum Gasteiger partial charge on any atom is 0.237 e. The molecule has 0 bridgehead atoms. The van der Waals surface area contributed by atoms with Gasteiger partial charge in [-0.3, -0.25) is 4.72 Å². The van der Waals surface area contributed by atoms with Crippen LogP contribution in [0.3, 0.4) is 0 Å². The van der Waals surface area contributed by atoms with E-state index < -0.39 is 10.0 Å². The molecule has 1 N–H and O–H groups in total. The Morgan fingerprint density at radius 2 is 1.85 bits per heavy atom. The van der Waals surface area contributed by atoms with Crippen LogP contribution in [0.4, 0.5) is 5.69 Å². The number of hydrogen-bond donors (Lipinski definition) is 1. The van der Waals surface area contributed by atoms with Gasteiger partial charge in [-0.2, -0.15) is 0 Å². The van der Waals surface area contributed by atoms with Crippen molar-refractivity contribution in [3.05, 3.63) is 66.6 Å². The largest absolute Gasteiger partial charge is 0.305 e. The lowest BCUT2D eigenvalue weighted by Crippen LogP contribution is -2.15. The molecule has 0 aliphatic rings. The molecule has 3 aromatic rings. The lowest BCUT2D eigenvalue weighted by atomic mass is 10.2. The van der Waals surface area contributed by atoms with Crippen molar-refractivity contribution >= 4 is 21.4 Å². The third-order valence-electron chi connectivity index (χ3n) is 2.88. The number of imidazole rings is 1. The van der Waals surface area contributed by atoms with Gasteiger partial charge in [0.25, 0.3) is 0 Å². The molecule has 0 unspecified atom stereocenters. The number of hydrogen-bond acceptors (Lipinski definition) is 3. The summed E-state index contributed by atoms with van der Waals surface area (Å²) in [6, 6.07) is 12.5. The predicted octanol–water partition coefficient (Wildman–Crippen LogP) is 2.28. The van der Waals surface area contributed by atoms with E-state index in [1.54, 1.807) is 41.1 Å². The molecule has 0 aliphatic carbocycles. The van der Waals surface area contributed by atoms with Crippen LogP contribution in [0.25, 0.3) is 5.65 Å². The van der Waals surface area contributed by atoms with Crippen molar-refractivity contribution in [2.24, 2.45) is 0 Å².